The highest BCUT2D eigenvalue weighted by molar-refractivity contribution is 7.99. The highest BCUT2D eigenvalue weighted by Crippen LogP contribution is 2.32. The number of carbonyl (C=O) groups excluding carboxylic acids is 1. The van der Waals surface area contributed by atoms with Gasteiger partial charge in [0.1, 0.15) is 11.3 Å². The van der Waals surface area contributed by atoms with Crippen LogP contribution >= 0.6 is 23.1 Å². The van der Waals surface area contributed by atoms with Gasteiger partial charge in [0.15, 0.2) is 10.9 Å². The largest absolute Gasteiger partial charge is 0.302 e. The third-order valence-electron chi connectivity index (χ3n) is 5.15. The third-order valence-corrected chi connectivity index (χ3v) is 8.95. The molecule has 1 aliphatic heterocycles. The Morgan fingerprint density at radius 1 is 1.23 bits per heavy atom. The summed E-state index contributed by atoms with van der Waals surface area (Å²) in [7, 11) is -3.65. The smallest absolute Gasteiger partial charge is 0.244 e. The number of nitrogens with zero attached hydrogens (tertiary/aromatic N) is 2. The molecule has 0 radical (unpaired) electrons. The summed E-state index contributed by atoms with van der Waals surface area (Å²) in [6, 6.07) is 8.77. The number of aromatic nitrogens is 1. The summed E-state index contributed by atoms with van der Waals surface area (Å²) in [6.07, 6.45) is 2.55. The number of thioether (sulfide) groups is 1. The molecule has 164 valence electrons. The zero-order valence-corrected chi connectivity index (χ0v) is 18.9. The minimum Gasteiger partial charge on any atom is -0.302 e. The molecule has 1 fully saturated rings. The fraction of sp³-hybridized carbons (Fsp3) is 0.300. The third kappa shape index (κ3) is 4.45. The van der Waals surface area contributed by atoms with Crippen LogP contribution in [-0.4, -0.2) is 43.0 Å². The first-order chi connectivity index (χ1) is 14.8. The topological polar surface area (TPSA) is 79.4 Å². The summed E-state index contributed by atoms with van der Waals surface area (Å²) in [5.74, 6) is -2.18. The standard InChI is InChI=1S/C20H19F2N3O3S3/c1-29-15-4-2-3-5-17(15)31(27,28)25-8-6-12(7-9-25)19(26)24-20-23-18-14(22)10-13(21)11-16(18)30-20/h2-5,10-12H,6-9H2,1H3,(H,23,24,26). The van der Waals surface area contributed by atoms with Gasteiger partial charge in [0.05, 0.1) is 9.60 Å². The Morgan fingerprint density at radius 3 is 2.65 bits per heavy atom. The van der Waals surface area contributed by atoms with Gasteiger partial charge in [0, 0.05) is 30.0 Å². The van der Waals surface area contributed by atoms with Crippen molar-refractivity contribution in [1.82, 2.24) is 9.29 Å². The zero-order valence-electron chi connectivity index (χ0n) is 16.5. The Hall–Kier alpha value is -2.08. The number of hydrogen-bond acceptors (Lipinski definition) is 6. The number of thiazole rings is 1. The van der Waals surface area contributed by atoms with Crippen LogP contribution < -0.4 is 5.32 Å². The molecular weight excluding hydrogens is 464 g/mol. The van der Waals surface area contributed by atoms with Gasteiger partial charge in [-0.1, -0.05) is 23.5 Å². The number of carbonyl (C=O) groups is 1. The van der Waals surface area contributed by atoms with Gasteiger partial charge < -0.3 is 5.32 Å². The van der Waals surface area contributed by atoms with Crippen LogP contribution in [0.4, 0.5) is 13.9 Å². The Balaban J connectivity index is 1.43. The summed E-state index contributed by atoms with van der Waals surface area (Å²) in [6.45, 7) is 0.450. The van der Waals surface area contributed by atoms with E-state index in [1.165, 1.54) is 22.1 Å². The van der Waals surface area contributed by atoms with Crippen LogP contribution in [0.25, 0.3) is 10.2 Å². The molecule has 11 heteroatoms. The van der Waals surface area contributed by atoms with Crippen LogP contribution in [0.1, 0.15) is 12.8 Å². The number of nitrogens with one attached hydrogen (secondary N) is 1. The minimum atomic E-state index is -3.65. The molecule has 31 heavy (non-hydrogen) atoms. The van der Waals surface area contributed by atoms with Gasteiger partial charge in [-0.2, -0.15) is 4.31 Å². The van der Waals surface area contributed by atoms with Crippen LogP contribution in [0, 0.1) is 17.6 Å². The molecule has 1 amide bonds. The maximum absolute atomic E-state index is 13.8. The van der Waals surface area contributed by atoms with Crippen LogP contribution in [0.15, 0.2) is 46.2 Å². The number of hydrogen-bond donors (Lipinski definition) is 1. The molecular formula is C20H19F2N3O3S3. The molecule has 0 saturated carbocycles. The maximum atomic E-state index is 13.8. The van der Waals surface area contributed by atoms with E-state index >= 15 is 0 Å². The average molecular weight is 484 g/mol. The molecule has 1 aromatic heterocycles. The fourth-order valence-corrected chi connectivity index (χ4v) is 7.05. The molecule has 1 N–H and O–H groups in total. The van der Waals surface area contributed by atoms with Gasteiger partial charge in [-0.3, -0.25) is 4.79 Å². The number of piperidine rings is 1. The molecule has 0 bridgehead atoms. The number of amides is 1. The van der Waals surface area contributed by atoms with Crippen molar-refractivity contribution in [3.8, 4) is 0 Å². The van der Waals surface area contributed by atoms with Gasteiger partial charge in [-0.05, 0) is 37.3 Å². The number of rotatable bonds is 5. The molecule has 0 atom stereocenters. The fourth-order valence-electron chi connectivity index (χ4n) is 3.55. The zero-order chi connectivity index (χ0) is 22.2. The quantitative estimate of drug-likeness (QED) is 0.547. The molecule has 3 aromatic rings. The second kappa shape index (κ2) is 8.81. The van der Waals surface area contributed by atoms with Crippen molar-refractivity contribution in [1.29, 1.82) is 0 Å². The molecule has 0 unspecified atom stereocenters. The van der Waals surface area contributed by atoms with Crippen molar-refractivity contribution in [2.75, 3.05) is 24.7 Å². The molecule has 2 aromatic carbocycles. The second-order valence-electron chi connectivity index (χ2n) is 7.07. The van der Waals surface area contributed by atoms with Crippen molar-refractivity contribution < 1.29 is 22.0 Å². The van der Waals surface area contributed by atoms with E-state index < -0.39 is 27.6 Å². The van der Waals surface area contributed by atoms with Gasteiger partial charge in [-0.25, -0.2) is 22.2 Å². The first-order valence-corrected chi connectivity index (χ1v) is 13.0. The molecule has 1 saturated heterocycles. The second-order valence-corrected chi connectivity index (χ2v) is 10.9. The number of anilines is 1. The van der Waals surface area contributed by atoms with Gasteiger partial charge >= 0.3 is 0 Å². The van der Waals surface area contributed by atoms with Gasteiger partial charge in [0.25, 0.3) is 0 Å². The van der Waals surface area contributed by atoms with E-state index in [1.807, 2.05) is 6.26 Å². The van der Waals surface area contributed by atoms with Crippen molar-refractivity contribution in [2.24, 2.45) is 5.92 Å². The van der Waals surface area contributed by atoms with E-state index in [0.29, 0.717) is 22.4 Å². The molecule has 0 aliphatic carbocycles. The number of fused-ring (bicyclic) bond motifs is 1. The lowest BCUT2D eigenvalue weighted by Gasteiger charge is -2.30. The summed E-state index contributed by atoms with van der Waals surface area (Å²) in [5, 5.41) is 2.85. The molecule has 2 heterocycles. The monoisotopic (exact) mass is 483 g/mol. The van der Waals surface area contributed by atoms with E-state index in [0.717, 1.165) is 17.4 Å². The highest BCUT2D eigenvalue weighted by Gasteiger charge is 2.33. The van der Waals surface area contributed by atoms with Crippen LogP contribution in [-0.2, 0) is 14.8 Å². The van der Waals surface area contributed by atoms with Gasteiger partial charge in [-0.15, -0.1) is 11.8 Å². The summed E-state index contributed by atoms with van der Waals surface area (Å²) in [4.78, 5) is 17.6. The normalized spacial score (nSPS) is 16.0. The number of sulfonamides is 1. The van der Waals surface area contributed by atoms with Gasteiger partial charge in [0.2, 0.25) is 15.9 Å². The Bertz CT molecular complexity index is 1240. The van der Waals surface area contributed by atoms with Crippen LogP contribution in [0.5, 0.6) is 0 Å². The lowest BCUT2D eigenvalue weighted by atomic mass is 9.97. The molecule has 4 rings (SSSR count). The van der Waals surface area contributed by atoms with E-state index in [1.54, 1.807) is 24.3 Å². The van der Waals surface area contributed by atoms with E-state index in [-0.39, 0.29) is 34.5 Å². The van der Waals surface area contributed by atoms with Crippen molar-refractivity contribution in [3.05, 3.63) is 48.0 Å². The maximum Gasteiger partial charge on any atom is 0.244 e. The highest BCUT2D eigenvalue weighted by atomic mass is 32.2. The first-order valence-electron chi connectivity index (χ1n) is 9.49. The Kier molecular flexibility index (Phi) is 6.29. The number of halogens is 2. The summed E-state index contributed by atoms with van der Waals surface area (Å²) >= 11 is 2.36. The Labute approximate surface area is 186 Å². The average Bonchev–Trinajstić information content (AvgIpc) is 3.16. The van der Waals surface area contributed by atoms with E-state index in [9.17, 15) is 22.0 Å². The van der Waals surface area contributed by atoms with Crippen molar-refractivity contribution in [2.45, 2.75) is 22.6 Å². The first kappa shape index (κ1) is 22.1. The lowest BCUT2D eigenvalue weighted by Crippen LogP contribution is -2.41. The van der Waals surface area contributed by atoms with E-state index in [2.05, 4.69) is 10.3 Å². The minimum absolute atomic E-state index is 0.00933. The predicted octanol–water partition coefficient (Wildman–Crippen LogP) is 4.34. The molecule has 6 nitrogen and oxygen atoms in total. The Morgan fingerprint density at radius 2 is 1.94 bits per heavy atom. The summed E-state index contributed by atoms with van der Waals surface area (Å²) in [5.41, 5.74) is 0.00933. The van der Waals surface area contributed by atoms with Crippen LogP contribution in [0.2, 0.25) is 0 Å². The SMILES string of the molecule is CSc1ccccc1S(=O)(=O)N1CCC(C(=O)Nc2nc3c(F)cc(F)cc3s2)CC1. The van der Waals surface area contributed by atoms with Crippen LogP contribution in [0.3, 0.4) is 0 Å². The van der Waals surface area contributed by atoms with E-state index in [4.69, 9.17) is 0 Å². The van der Waals surface area contributed by atoms with Crippen molar-refractivity contribution >= 4 is 54.4 Å². The molecule has 1 aliphatic rings. The lowest BCUT2D eigenvalue weighted by molar-refractivity contribution is -0.120. The molecule has 0 spiro atoms. The van der Waals surface area contributed by atoms with Crippen molar-refractivity contribution in [3.63, 3.8) is 0 Å². The summed E-state index contributed by atoms with van der Waals surface area (Å²) < 4.78 is 55.0. The predicted molar refractivity (Wildman–Crippen MR) is 118 cm³/mol. The number of benzene rings is 2.